The molecule has 1 fully saturated rings. The van der Waals surface area contributed by atoms with Crippen molar-refractivity contribution in [2.45, 2.75) is 24.9 Å². The summed E-state index contributed by atoms with van der Waals surface area (Å²) in [7, 11) is 0. The molecule has 0 saturated carbocycles. The van der Waals surface area contributed by atoms with Crippen molar-refractivity contribution in [2.75, 3.05) is 12.3 Å². The van der Waals surface area contributed by atoms with Gasteiger partial charge in [-0.25, -0.2) is 9.97 Å². The number of nitrogens with two attached hydrogens (primary N) is 2. The van der Waals surface area contributed by atoms with Gasteiger partial charge in [-0.3, -0.25) is 0 Å². The first-order valence-electron chi connectivity index (χ1n) is 6.38. The minimum Gasteiger partial charge on any atom is -0.394 e. The number of hydrogen-bond acceptors (Lipinski definition) is 7. The lowest BCUT2D eigenvalue weighted by atomic mass is 10.2. The molecule has 0 radical (unpaired) electrons. The number of nitrogens with zero attached hydrogens (tertiary/aromatic N) is 3. The van der Waals surface area contributed by atoms with Gasteiger partial charge in [-0.15, -0.1) is 0 Å². The highest BCUT2D eigenvalue weighted by atomic mass is 32.1. The molecule has 3 rings (SSSR count). The fraction of sp³-hybridized carbons (Fsp3) is 0.417. The minimum atomic E-state index is -0.770. The highest BCUT2D eigenvalue weighted by Crippen LogP contribution is 2.34. The maximum Gasteiger partial charge on any atom is 0.161 e. The summed E-state index contributed by atoms with van der Waals surface area (Å²) in [6.45, 7) is -0.161. The molecule has 0 aromatic carbocycles. The normalized spacial score (nSPS) is 25.5. The second-order valence-corrected chi connectivity index (χ2v) is 5.35. The van der Waals surface area contributed by atoms with Gasteiger partial charge >= 0.3 is 0 Å². The van der Waals surface area contributed by atoms with Crippen molar-refractivity contribution in [3.8, 4) is 0 Å². The van der Waals surface area contributed by atoms with Crippen molar-refractivity contribution in [3.05, 3.63) is 18.1 Å². The lowest BCUT2D eigenvalue weighted by molar-refractivity contribution is -0.0484. The molecule has 0 amide bonds. The molecule has 2 aromatic heterocycles. The van der Waals surface area contributed by atoms with Gasteiger partial charge in [0, 0.05) is 18.2 Å². The molecule has 0 bridgehead atoms. The zero-order valence-electron chi connectivity index (χ0n) is 11.0. The van der Waals surface area contributed by atoms with Crippen LogP contribution in [0.2, 0.25) is 0 Å². The van der Waals surface area contributed by atoms with E-state index in [1.54, 1.807) is 10.8 Å². The monoisotopic (exact) mass is 309 g/mol. The molecule has 3 atom stereocenters. The van der Waals surface area contributed by atoms with Crippen LogP contribution in [0.25, 0.3) is 11.0 Å². The summed E-state index contributed by atoms with van der Waals surface area (Å²) in [6.07, 6.45) is 1.43. The summed E-state index contributed by atoms with van der Waals surface area (Å²) in [5.41, 5.74) is 12.6. The van der Waals surface area contributed by atoms with Crippen LogP contribution >= 0.6 is 12.2 Å². The van der Waals surface area contributed by atoms with Crippen molar-refractivity contribution in [1.82, 2.24) is 14.5 Å². The van der Waals surface area contributed by atoms with Crippen LogP contribution in [0.1, 0.15) is 18.2 Å². The van der Waals surface area contributed by atoms with Crippen LogP contribution in [-0.4, -0.2) is 48.6 Å². The number of ether oxygens (including phenoxy) is 1. The van der Waals surface area contributed by atoms with E-state index in [-0.39, 0.29) is 17.4 Å². The molecule has 112 valence electrons. The molecule has 1 aliphatic rings. The third-order valence-electron chi connectivity index (χ3n) is 3.55. The highest BCUT2D eigenvalue weighted by molar-refractivity contribution is 7.80. The topological polar surface area (TPSA) is 132 Å². The largest absolute Gasteiger partial charge is 0.394 e. The van der Waals surface area contributed by atoms with E-state index >= 15 is 0 Å². The summed E-state index contributed by atoms with van der Waals surface area (Å²) >= 11 is 5.02. The second kappa shape index (κ2) is 5.19. The SMILES string of the molecule is NC(=S)c1cn([C@@H]2O[C@H](CO)C[C@H]2O)c2ncnc(N)c12. The van der Waals surface area contributed by atoms with Crippen LogP contribution in [0, 0.1) is 0 Å². The molecule has 8 nitrogen and oxygen atoms in total. The van der Waals surface area contributed by atoms with Gasteiger partial charge in [0.15, 0.2) is 6.23 Å². The number of nitrogen functional groups attached to an aromatic ring is 1. The summed E-state index contributed by atoms with van der Waals surface area (Å²) in [4.78, 5) is 8.27. The van der Waals surface area contributed by atoms with Crippen LogP contribution in [-0.2, 0) is 4.74 Å². The third-order valence-corrected chi connectivity index (χ3v) is 3.77. The summed E-state index contributed by atoms with van der Waals surface area (Å²) < 4.78 is 7.25. The molecule has 0 aliphatic carbocycles. The summed E-state index contributed by atoms with van der Waals surface area (Å²) in [6, 6.07) is 0. The minimum absolute atomic E-state index is 0.159. The Morgan fingerprint density at radius 3 is 2.90 bits per heavy atom. The Morgan fingerprint density at radius 1 is 1.52 bits per heavy atom. The predicted octanol–water partition coefficient (Wildman–Crippen LogP) is -0.712. The Labute approximate surface area is 125 Å². The molecule has 1 aliphatic heterocycles. The van der Waals surface area contributed by atoms with E-state index in [9.17, 15) is 5.11 Å². The first-order valence-corrected chi connectivity index (χ1v) is 6.79. The molecular formula is C12H15N5O3S. The molecule has 1 saturated heterocycles. The van der Waals surface area contributed by atoms with E-state index in [4.69, 9.17) is 33.5 Å². The Bertz CT molecular complexity index is 704. The molecule has 0 unspecified atom stereocenters. The maximum atomic E-state index is 10.1. The maximum absolute atomic E-state index is 10.1. The number of hydrogen-bond donors (Lipinski definition) is 4. The Balaban J connectivity index is 2.16. The van der Waals surface area contributed by atoms with Crippen molar-refractivity contribution in [1.29, 1.82) is 0 Å². The number of rotatable bonds is 3. The van der Waals surface area contributed by atoms with E-state index in [0.717, 1.165) is 0 Å². The quantitative estimate of drug-likeness (QED) is 0.547. The van der Waals surface area contributed by atoms with Crippen LogP contribution in [0.4, 0.5) is 5.82 Å². The number of fused-ring (bicyclic) bond motifs is 1. The highest BCUT2D eigenvalue weighted by Gasteiger charge is 2.36. The van der Waals surface area contributed by atoms with Gasteiger partial charge in [-0.2, -0.15) is 0 Å². The number of aromatic nitrogens is 3. The van der Waals surface area contributed by atoms with E-state index in [1.807, 2.05) is 0 Å². The second-order valence-electron chi connectivity index (χ2n) is 4.91. The fourth-order valence-electron chi connectivity index (χ4n) is 2.59. The smallest absolute Gasteiger partial charge is 0.161 e. The van der Waals surface area contributed by atoms with Crippen LogP contribution in [0.3, 0.4) is 0 Å². The van der Waals surface area contributed by atoms with Crippen molar-refractivity contribution >= 4 is 34.1 Å². The van der Waals surface area contributed by atoms with Gasteiger partial charge < -0.3 is 31.0 Å². The van der Waals surface area contributed by atoms with Crippen LogP contribution < -0.4 is 11.5 Å². The first kappa shape index (κ1) is 14.1. The van der Waals surface area contributed by atoms with Gasteiger partial charge in [0.2, 0.25) is 0 Å². The molecule has 21 heavy (non-hydrogen) atoms. The molecular weight excluding hydrogens is 294 g/mol. The Hall–Kier alpha value is -1.81. The zero-order valence-corrected chi connectivity index (χ0v) is 11.8. The fourth-order valence-corrected chi connectivity index (χ4v) is 2.74. The average molecular weight is 309 g/mol. The molecule has 2 aromatic rings. The lowest BCUT2D eigenvalue weighted by Crippen LogP contribution is -2.19. The lowest BCUT2D eigenvalue weighted by Gasteiger charge is -2.17. The van der Waals surface area contributed by atoms with E-state index < -0.39 is 18.4 Å². The Morgan fingerprint density at radius 2 is 2.29 bits per heavy atom. The van der Waals surface area contributed by atoms with Crippen LogP contribution in [0.5, 0.6) is 0 Å². The van der Waals surface area contributed by atoms with Gasteiger partial charge in [0.1, 0.15) is 28.9 Å². The zero-order chi connectivity index (χ0) is 15.1. The number of aliphatic hydroxyl groups excluding tert-OH is 2. The summed E-state index contributed by atoms with van der Waals surface area (Å²) in [5.74, 6) is 0.257. The van der Waals surface area contributed by atoms with Gasteiger partial charge in [0.25, 0.3) is 0 Å². The molecule has 3 heterocycles. The number of aliphatic hydroxyl groups is 2. The summed E-state index contributed by atoms with van der Waals surface area (Å²) in [5, 5.41) is 19.8. The number of thiocarbonyl (C=S) groups is 1. The van der Waals surface area contributed by atoms with Crippen molar-refractivity contribution in [2.24, 2.45) is 5.73 Å². The number of anilines is 1. The molecule has 0 spiro atoms. The van der Waals surface area contributed by atoms with Gasteiger partial charge in [-0.05, 0) is 0 Å². The van der Waals surface area contributed by atoms with Crippen LogP contribution in [0.15, 0.2) is 12.5 Å². The van der Waals surface area contributed by atoms with E-state index in [2.05, 4.69) is 9.97 Å². The third kappa shape index (κ3) is 2.23. The van der Waals surface area contributed by atoms with Gasteiger partial charge in [0.05, 0.1) is 18.1 Å². The van der Waals surface area contributed by atoms with Crippen molar-refractivity contribution in [3.63, 3.8) is 0 Å². The first-order chi connectivity index (χ1) is 10.0. The van der Waals surface area contributed by atoms with E-state index in [1.165, 1.54) is 6.33 Å². The predicted molar refractivity (Wildman–Crippen MR) is 79.4 cm³/mol. The van der Waals surface area contributed by atoms with E-state index in [0.29, 0.717) is 23.0 Å². The van der Waals surface area contributed by atoms with Crippen molar-refractivity contribution < 1.29 is 14.9 Å². The van der Waals surface area contributed by atoms with Gasteiger partial charge in [-0.1, -0.05) is 12.2 Å². The molecule has 6 N–H and O–H groups in total. The Kier molecular flexibility index (Phi) is 3.49. The molecule has 9 heteroatoms. The average Bonchev–Trinajstić information content (AvgIpc) is 3.00. The standard InChI is InChI=1S/C12H15N5O3S/c13-9-8-6(10(14)21)2-17(11(8)16-4-15-9)12-7(19)1-5(3-18)20-12/h2,4-5,7,12,18-19H,1,3H2,(H2,14,21)(H2,13,15,16)/t5-,7+,12+/m0/s1.